The maximum absolute atomic E-state index is 13.8. The second kappa shape index (κ2) is 6.05. The van der Waals surface area contributed by atoms with Crippen molar-refractivity contribution in [2.45, 2.75) is 18.9 Å². The van der Waals surface area contributed by atoms with Crippen molar-refractivity contribution in [2.75, 3.05) is 6.54 Å². The van der Waals surface area contributed by atoms with Crippen LogP contribution in [0.4, 0.5) is 8.78 Å². The Bertz CT molecular complexity index is 699. The van der Waals surface area contributed by atoms with Gasteiger partial charge < -0.3 is 4.90 Å². The number of carbonyl (C=O) groups excluding carboxylic acids is 1. The predicted molar refractivity (Wildman–Crippen MR) is 80.8 cm³/mol. The van der Waals surface area contributed by atoms with Crippen LogP contribution < -0.4 is 0 Å². The van der Waals surface area contributed by atoms with Crippen LogP contribution in [0, 0.1) is 11.6 Å². The zero-order valence-electron chi connectivity index (χ0n) is 11.7. The van der Waals surface area contributed by atoms with Crippen LogP contribution in [0.5, 0.6) is 0 Å². The van der Waals surface area contributed by atoms with Crippen molar-refractivity contribution >= 4 is 17.5 Å². The van der Waals surface area contributed by atoms with Gasteiger partial charge in [-0.2, -0.15) is 0 Å². The van der Waals surface area contributed by atoms with Gasteiger partial charge in [0.05, 0.1) is 6.04 Å². The van der Waals surface area contributed by atoms with E-state index in [1.807, 2.05) is 18.2 Å². The Morgan fingerprint density at radius 1 is 1.09 bits per heavy atom. The molecule has 3 rings (SSSR count). The molecule has 0 saturated carbocycles. The SMILES string of the molecule is O=C(c1c(F)cccc1F)N1CCC[C@H]1c1ccccc1Cl. The predicted octanol–water partition coefficient (Wildman–Crippen LogP) is 4.60. The minimum atomic E-state index is -0.838. The van der Waals surface area contributed by atoms with Crippen LogP contribution in [0.15, 0.2) is 42.5 Å². The second-order valence-electron chi connectivity index (χ2n) is 5.27. The molecule has 1 saturated heterocycles. The molecule has 0 bridgehead atoms. The summed E-state index contributed by atoms with van der Waals surface area (Å²) in [5.74, 6) is -2.30. The maximum Gasteiger partial charge on any atom is 0.260 e. The molecule has 0 aromatic heterocycles. The number of rotatable bonds is 2. The smallest absolute Gasteiger partial charge is 0.260 e. The molecule has 1 aliphatic rings. The average molecular weight is 322 g/mol. The van der Waals surface area contributed by atoms with Gasteiger partial charge in [0.1, 0.15) is 17.2 Å². The van der Waals surface area contributed by atoms with Crippen LogP contribution in [-0.2, 0) is 0 Å². The molecule has 0 aliphatic carbocycles. The van der Waals surface area contributed by atoms with Crippen molar-refractivity contribution in [2.24, 2.45) is 0 Å². The second-order valence-corrected chi connectivity index (χ2v) is 5.68. The number of hydrogen-bond acceptors (Lipinski definition) is 1. The van der Waals surface area contributed by atoms with Crippen LogP contribution in [0.2, 0.25) is 5.02 Å². The molecule has 0 unspecified atom stereocenters. The highest BCUT2D eigenvalue weighted by Gasteiger charge is 2.34. The standard InChI is InChI=1S/C17H14ClF2NO/c18-12-6-2-1-5-11(12)15-9-4-10-21(15)17(22)16-13(19)7-3-8-14(16)20/h1-3,5-8,15H,4,9-10H2/t15-/m0/s1. The molecule has 0 radical (unpaired) electrons. The van der Waals surface area contributed by atoms with Gasteiger partial charge in [-0.15, -0.1) is 0 Å². The van der Waals surface area contributed by atoms with E-state index in [1.165, 1.54) is 11.0 Å². The number of hydrogen-bond donors (Lipinski definition) is 0. The highest BCUT2D eigenvalue weighted by atomic mass is 35.5. The molecule has 0 N–H and O–H groups in total. The van der Waals surface area contributed by atoms with Crippen molar-refractivity contribution in [3.05, 3.63) is 70.2 Å². The number of amides is 1. The quantitative estimate of drug-likeness (QED) is 0.792. The lowest BCUT2D eigenvalue weighted by Gasteiger charge is -2.26. The largest absolute Gasteiger partial charge is 0.331 e. The Morgan fingerprint density at radius 2 is 1.77 bits per heavy atom. The zero-order valence-corrected chi connectivity index (χ0v) is 12.5. The highest BCUT2D eigenvalue weighted by molar-refractivity contribution is 6.31. The lowest BCUT2D eigenvalue weighted by Crippen LogP contribution is -2.32. The third kappa shape index (κ3) is 2.59. The molecular weight excluding hydrogens is 308 g/mol. The van der Waals surface area contributed by atoms with Gasteiger partial charge >= 0.3 is 0 Å². The first-order valence-corrected chi connectivity index (χ1v) is 7.47. The summed E-state index contributed by atoms with van der Waals surface area (Å²) >= 11 is 6.20. The van der Waals surface area contributed by atoms with E-state index < -0.39 is 23.1 Å². The molecular formula is C17H14ClF2NO. The van der Waals surface area contributed by atoms with Crippen LogP contribution in [0.25, 0.3) is 0 Å². The Labute approximate surface area is 132 Å². The van der Waals surface area contributed by atoms with Gasteiger partial charge in [-0.3, -0.25) is 4.79 Å². The minimum Gasteiger partial charge on any atom is -0.331 e. The molecule has 0 spiro atoms. The van der Waals surface area contributed by atoms with Gasteiger partial charge in [-0.25, -0.2) is 8.78 Å². The Balaban J connectivity index is 1.97. The first-order chi connectivity index (χ1) is 10.6. The molecule has 1 aliphatic heterocycles. The van der Waals surface area contributed by atoms with E-state index in [0.29, 0.717) is 11.6 Å². The first-order valence-electron chi connectivity index (χ1n) is 7.09. The van der Waals surface area contributed by atoms with Crippen molar-refractivity contribution < 1.29 is 13.6 Å². The fourth-order valence-electron chi connectivity index (χ4n) is 2.92. The Kier molecular flexibility index (Phi) is 4.12. The van der Waals surface area contributed by atoms with E-state index in [1.54, 1.807) is 6.07 Å². The molecule has 5 heteroatoms. The number of carbonyl (C=O) groups is 1. The number of benzene rings is 2. The van der Waals surface area contributed by atoms with Crippen molar-refractivity contribution in [3.63, 3.8) is 0 Å². The fourth-order valence-corrected chi connectivity index (χ4v) is 3.19. The van der Waals surface area contributed by atoms with E-state index >= 15 is 0 Å². The summed E-state index contributed by atoms with van der Waals surface area (Å²) in [6.45, 7) is 0.461. The van der Waals surface area contributed by atoms with Gasteiger partial charge in [0, 0.05) is 11.6 Å². The number of halogens is 3. The molecule has 1 fully saturated rings. The van der Waals surface area contributed by atoms with Crippen LogP contribution in [0.1, 0.15) is 34.8 Å². The normalized spacial score (nSPS) is 17.8. The van der Waals surface area contributed by atoms with Crippen molar-refractivity contribution in [1.82, 2.24) is 4.90 Å². The summed E-state index contributed by atoms with van der Waals surface area (Å²) in [5.41, 5.74) is 0.313. The number of likely N-dealkylation sites (tertiary alicyclic amines) is 1. The topological polar surface area (TPSA) is 20.3 Å². The van der Waals surface area contributed by atoms with Gasteiger partial charge in [0.25, 0.3) is 5.91 Å². The monoisotopic (exact) mass is 321 g/mol. The summed E-state index contributed by atoms with van der Waals surface area (Å²) in [7, 11) is 0. The van der Waals surface area contributed by atoms with Crippen LogP contribution in [-0.4, -0.2) is 17.4 Å². The van der Waals surface area contributed by atoms with Crippen LogP contribution in [0.3, 0.4) is 0 Å². The lowest BCUT2D eigenvalue weighted by atomic mass is 10.0. The molecule has 1 atom stereocenters. The van der Waals surface area contributed by atoms with E-state index in [2.05, 4.69) is 0 Å². The lowest BCUT2D eigenvalue weighted by molar-refractivity contribution is 0.0726. The van der Waals surface area contributed by atoms with Gasteiger partial charge in [-0.1, -0.05) is 35.9 Å². The molecule has 2 aromatic carbocycles. The zero-order chi connectivity index (χ0) is 15.7. The number of nitrogens with zero attached hydrogens (tertiary/aromatic N) is 1. The van der Waals surface area contributed by atoms with Gasteiger partial charge in [-0.05, 0) is 36.6 Å². The van der Waals surface area contributed by atoms with E-state index in [0.717, 1.165) is 30.5 Å². The van der Waals surface area contributed by atoms with E-state index in [9.17, 15) is 13.6 Å². The summed E-state index contributed by atoms with van der Waals surface area (Å²) in [6.07, 6.45) is 1.50. The molecule has 1 heterocycles. The van der Waals surface area contributed by atoms with Gasteiger partial charge in [0.2, 0.25) is 0 Å². The Morgan fingerprint density at radius 3 is 2.45 bits per heavy atom. The van der Waals surface area contributed by atoms with E-state index in [-0.39, 0.29) is 6.04 Å². The molecule has 2 aromatic rings. The summed E-state index contributed by atoms with van der Waals surface area (Å²) in [6, 6.07) is 10.4. The van der Waals surface area contributed by atoms with E-state index in [4.69, 9.17) is 11.6 Å². The summed E-state index contributed by atoms with van der Waals surface area (Å²) < 4.78 is 27.7. The highest BCUT2D eigenvalue weighted by Crippen LogP contribution is 2.37. The third-order valence-corrected chi connectivity index (χ3v) is 4.30. The Hall–Kier alpha value is -1.94. The summed E-state index contributed by atoms with van der Waals surface area (Å²) in [5, 5.41) is 0.557. The summed E-state index contributed by atoms with van der Waals surface area (Å²) in [4.78, 5) is 14.1. The minimum absolute atomic E-state index is 0.250. The third-order valence-electron chi connectivity index (χ3n) is 3.95. The maximum atomic E-state index is 13.8. The van der Waals surface area contributed by atoms with Gasteiger partial charge in [0.15, 0.2) is 0 Å². The molecule has 114 valence electrons. The first kappa shape index (κ1) is 15.0. The molecule has 2 nitrogen and oxygen atoms in total. The van der Waals surface area contributed by atoms with Crippen LogP contribution >= 0.6 is 11.6 Å². The fraction of sp³-hybridized carbons (Fsp3) is 0.235. The van der Waals surface area contributed by atoms with Crippen molar-refractivity contribution in [1.29, 1.82) is 0 Å². The molecule has 1 amide bonds. The van der Waals surface area contributed by atoms with Crippen molar-refractivity contribution in [3.8, 4) is 0 Å². The molecule has 22 heavy (non-hydrogen) atoms. The average Bonchev–Trinajstić information content (AvgIpc) is 2.96.